The molecule has 0 unspecified atom stereocenters. The lowest BCUT2D eigenvalue weighted by atomic mass is 10.00. The lowest BCUT2D eigenvalue weighted by Gasteiger charge is -2.26. The third kappa shape index (κ3) is 10.0. The number of anilines is 1. The minimum atomic E-state index is -1.04. The lowest BCUT2D eigenvalue weighted by Crippen LogP contribution is -2.48. The Labute approximate surface area is 247 Å². The lowest BCUT2D eigenvalue weighted by molar-refractivity contribution is -0.126. The van der Waals surface area contributed by atoms with Crippen LogP contribution < -0.4 is 15.5 Å². The van der Waals surface area contributed by atoms with Crippen LogP contribution in [0.25, 0.3) is 0 Å². The van der Waals surface area contributed by atoms with Gasteiger partial charge in [-0.2, -0.15) is 0 Å². The van der Waals surface area contributed by atoms with E-state index in [1.807, 2.05) is 42.5 Å². The molecule has 3 aromatic rings. The molecule has 42 heavy (non-hydrogen) atoms. The Balaban J connectivity index is 1.37. The van der Waals surface area contributed by atoms with E-state index in [0.29, 0.717) is 24.6 Å². The van der Waals surface area contributed by atoms with E-state index in [1.165, 1.54) is 30.5 Å². The molecule has 2 amide bonds. The third-order valence-corrected chi connectivity index (χ3v) is 7.66. The second kappa shape index (κ2) is 15.6. The molecule has 3 N–H and O–H groups in total. The zero-order valence-corrected chi connectivity index (χ0v) is 24.2. The molecule has 1 aliphatic carbocycles. The van der Waals surface area contributed by atoms with Crippen LogP contribution in [0, 0.1) is 17.6 Å². The molecule has 0 aromatic heterocycles. The van der Waals surface area contributed by atoms with Crippen LogP contribution in [0.2, 0.25) is 0 Å². The first-order valence-electron chi connectivity index (χ1n) is 14.9. The molecule has 1 saturated carbocycles. The maximum atomic E-state index is 13.9. The van der Waals surface area contributed by atoms with Gasteiger partial charge in [0.1, 0.15) is 11.6 Å². The van der Waals surface area contributed by atoms with Crippen molar-refractivity contribution >= 4 is 17.5 Å². The van der Waals surface area contributed by atoms with Gasteiger partial charge in [0.05, 0.1) is 12.1 Å². The molecule has 0 aliphatic heterocycles. The van der Waals surface area contributed by atoms with Gasteiger partial charge in [-0.1, -0.05) is 62.2 Å². The molecule has 6 nitrogen and oxygen atoms in total. The zero-order chi connectivity index (χ0) is 29.9. The molecule has 0 bridgehead atoms. The van der Waals surface area contributed by atoms with Crippen LogP contribution in [0.1, 0.15) is 55.7 Å². The Hall–Kier alpha value is -3.62. The van der Waals surface area contributed by atoms with Gasteiger partial charge >= 0.3 is 0 Å². The number of nitrogens with one attached hydrogen (secondary N) is 2. The normalized spacial score (nSPS) is 14.3. The standard InChI is InChI=1S/C34H41F2N3O3/c1-2-24-7-6-8-26(17-24)22-37-23-32(40)31(20-27-18-28(35)21-29(36)19-27)38-33(41)13-14-34(42)39(16-15-25-11-12-25)30-9-4-3-5-10-30/h3-10,17-19,21,25,31-32,37,40H,2,11-16,20,22-23H2,1H3,(H,38,41)/t31-,32-/m0/s1. The number of aryl methyl sites for hydroxylation is 1. The third-order valence-electron chi connectivity index (χ3n) is 7.66. The number of nitrogens with zero attached hydrogens (tertiary/aromatic N) is 1. The van der Waals surface area contributed by atoms with E-state index in [-0.39, 0.29) is 31.7 Å². The van der Waals surface area contributed by atoms with Crippen molar-refractivity contribution in [2.75, 3.05) is 18.0 Å². The summed E-state index contributed by atoms with van der Waals surface area (Å²) in [6.07, 6.45) is 3.17. The average Bonchev–Trinajstić information content (AvgIpc) is 3.80. The average molecular weight is 578 g/mol. The summed E-state index contributed by atoms with van der Waals surface area (Å²) in [4.78, 5) is 28.0. The summed E-state index contributed by atoms with van der Waals surface area (Å²) in [7, 11) is 0. The summed E-state index contributed by atoms with van der Waals surface area (Å²) in [5.41, 5.74) is 3.40. The van der Waals surface area contributed by atoms with Gasteiger partial charge in [0.25, 0.3) is 0 Å². The van der Waals surface area contributed by atoms with Crippen molar-refractivity contribution in [3.63, 3.8) is 0 Å². The predicted octanol–water partition coefficient (Wildman–Crippen LogP) is 5.32. The zero-order valence-electron chi connectivity index (χ0n) is 24.2. The molecule has 4 rings (SSSR count). The van der Waals surface area contributed by atoms with Crippen LogP contribution >= 0.6 is 0 Å². The first kappa shape index (κ1) is 31.3. The second-order valence-corrected chi connectivity index (χ2v) is 11.1. The van der Waals surface area contributed by atoms with Gasteiger partial charge in [-0.05, 0) is 66.1 Å². The summed E-state index contributed by atoms with van der Waals surface area (Å²) in [5, 5.41) is 17.1. The Morgan fingerprint density at radius 2 is 1.64 bits per heavy atom. The van der Waals surface area contributed by atoms with Crippen molar-refractivity contribution in [3.8, 4) is 0 Å². The Morgan fingerprint density at radius 3 is 2.33 bits per heavy atom. The first-order valence-corrected chi connectivity index (χ1v) is 14.9. The van der Waals surface area contributed by atoms with E-state index < -0.39 is 29.7 Å². The van der Waals surface area contributed by atoms with Crippen LogP contribution in [0.15, 0.2) is 72.8 Å². The van der Waals surface area contributed by atoms with Gasteiger partial charge in [0.2, 0.25) is 11.8 Å². The maximum absolute atomic E-state index is 13.9. The van der Waals surface area contributed by atoms with Gasteiger partial charge < -0.3 is 20.6 Å². The van der Waals surface area contributed by atoms with Gasteiger partial charge in [-0.15, -0.1) is 0 Å². The van der Waals surface area contributed by atoms with E-state index in [9.17, 15) is 23.5 Å². The van der Waals surface area contributed by atoms with E-state index in [1.54, 1.807) is 4.90 Å². The maximum Gasteiger partial charge on any atom is 0.227 e. The van der Waals surface area contributed by atoms with E-state index in [4.69, 9.17) is 0 Å². The van der Waals surface area contributed by atoms with Crippen LogP contribution in [-0.2, 0) is 29.0 Å². The Bertz CT molecular complexity index is 1300. The van der Waals surface area contributed by atoms with Crippen molar-refractivity contribution in [1.82, 2.24) is 10.6 Å². The molecule has 0 heterocycles. The van der Waals surface area contributed by atoms with Crippen LogP contribution in [0.3, 0.4) is 0 Å². The number of aliphatic hydroxyl groups is 1. The highest BCUT2D eigenvalue weighted by atomic mass is 19.1. The number of aliphatic hydroxyl groups excluding tert-OH is 1. The summed E-state index contributed by atoms with van der Waals surface area (Å²) in [6, 6.07) is 19.9. The highest BCUT2D eigenvalue weighted by Gasteiger charge is 2.26. The fourth-order valence-corrected chi connectivity index (χ4v) is 5.09. The predicted molar refractivity (Wildman–Crippen MR) is 161 cm³/mol. The minimum absolute atomic E-state index is 0.00875. The monoisotopic (exact) mass is 577 g/mol. The summed E-state index contributed by atoms with van der Waals surface area (Å²) in [5.74, 6) is -1.34. The van der Waals surface area contributed by atoms with Crippen molar-refractivity contribution in [2.45, 2.75) is 70.6 Å². The molecular weight excluding hydrogens is 536 g/mol. The van der Waals surface area contributed by atoms with Crippen molar-refractivity contribution in [2.24, 2.45) is 5.92 Å². The fourth-order valence-electron chi connectivity index (χ4n) is 5.09. The van der Waals surface area contributed by atoms with Gasteiger partial charge in [0, 0.05) is 44.2 Å². The SMILES string of the molecule is CCc1cccc(CNC[C@H](O)[C@H](Cc2cc(F)cc(F)c2)NC(=O)CCC(=O)N(CCC2CC2)c2ccccc2)c1. The van der Waals surface area contributed by atoms with Crippen LogP contribution in [0.4, 0.5) is 14.5 Å². The molecule has 0 saturated heterocycles. The summed E-state index contributed by atoms with van der Waals surface area (Å²) >= 11 is 0. The largest absolute Gasteiger partial charge is 0.390 e. The van der Waals surface area contributed by atoms with Gasteiger partial charge in [-0.3, -0.25) is 9.59 Å². The number of amides is 2. The van der Waals surface area contributed by atoms with E-state index in [2.05, 4.69) is 29.7 Å². The molecular formula is C34H41F2N3O3. The Morgan fingerprint density at radius 1 is 0.929 bits per heavy atom. The summed E-state index contributed by atoms with van der Waals surface area (Å²) in [6.45, 7) is 3.36. The number of carbonyl (C=O) groups excluding carboxylic acids is 2. The number of hydrogen-bond acceptors (Lipinski definition) is 4. The minimum Gasteiger partial charge on any atom is -0.390 e. The second-order valence-electron chi connectivity index (χ2n) is 11.1. The number of hydrogen-bond donors (Lipinski definition) is 3. The quantitative estimate of drug-likeness (QED) is 0.215. The molecule has 0 radical (unpaired) electrons. The molecule has 2 atom stereocenters. The van der Waals surface area contributed by atoms with Crippen molar-refractivity contribution in [1.29, 1.82) is 0 Å². The van der Waals surface area contributed by atoms with Crippen LogP contribution in [-0.4, -0.2) is 42.2 Å². The van der Waals surface area contributed by atoms with E-state index in [0.717, 1.165) is 30.2 Å². The van der Waals surface area contributed by atoms with Crippen LogP contribution in [0.5, 0.6) is 0 Å². The smallest absolute Gasteiger partial charge is 0.227 e. The fraction of sp³-hybridized carbons (Fsp3) is 0.412. The van der Waals surface area contributed by atoms with Crippen molar-refractivity contribution in [3.05, 3.63) is 101 Å². The number of halogens is 2. The van der Waals surface area contributed by atoms with E-state index >= 15 is 0 Å². The highest BCUT2D eigenvalue weighted by molar-refractivity contribution is 5.95. The molecule has 1 fully saturated rings. The molecule has 224 valence electrons. The number of benzene rings is 3. The summed E-state index contributed by atoms with van der Waals surface area (Å²) < 4.78 is 27.8. The Kier molecular flexibility index (Phi) is 11.6. The van der Waals surface area contributed by atoms with Crippen molar-refractivity contribution < 1.29 is 23.5 Å². The molecule has 0 spiro atoms. The highest BCUT2D eigenvalue weighted by Crippen LogP contribution is 2.33. The molecule has 3 aromatic carbocycles. The topological polar surface area (TPSA) is 81.7 Å². The molecule has 8 heteroatoms. The first-order chi connectivity index (χ1) is 20.3. The molecule has 1 aliphatic rings. The number of carbonyl (C=O) groups is 2. The van der Waals surface area contributed by atoms with Gasteiger partial charge in [0.15, 0.2) is 0 Å². The van der Waals surface area contributed by atoms with Gasteiger partial charge in [-0.25, -0.2) is 8.78 Å². The number of para-hydroxylation sites is 1. The number of rotatable bonds is 16.